The van der Waals surface area contributed by atoms with E-state index in [1.165, 1.54) is 4.31 Å². The van der Waals surface area contributed by atoms with Crippen LogP contribution in [0.15, 0.2) is 42.5 Å². The van der Waals surface area contributed by atoms with Crippen molar-refractivity contribution in [2.75, 3.05) is 30.2 Å². The van der Waals surface area contributed by atoms with Crippen LogP contribution < -0.4 is 4.31 Å². The second kappa shape index (κ2) is 7.00. The molecule has 6 heteroatoms. The van der Waals surface area contributed by atoms with Gasteiger partial charge in [-0.05, 0) is 25.3 Å². The van der Waals surface area contributed by atoms with Crippen molar-refractivity contribution in [2.24, 2.45) is 0 Å². The molecule has 0 aliphatic carbocycles. The molecule has 0 unspecified atom stereocenters. The van der Waals surface area contributed by atoms with Crippen molar-refractivity contribution >= 4 is 32.4 Å². The summed E-state index contributed by atoms with van der Waals surface area (Å²) >= 11 is 0. The molecule has 0 fully saturated rings. The van der Waals surface area contributed by atoms with E-state index in [0.717, 1.165) is 17.0 Å². The van der Waals surface area contributed by atoms with E-state index in [0.29, 0.717) is 18.8 Å². The van der Waals surface area contributed by atoms with Crippen LogP contribution in [-0.4, -0.2) is 45.1 Å². The lowest BCUT2D eigenvalue weighted by molar-refractivity contribution is -0.129. The molecule has 0 aliphatic heterocycles. The molecule has 23 heavy (non-hydrogen) atoms. The number of nitrogens with zero attached hydrogens (tertiary/aromatic N) is 2. The Morgan fingerprint density at radius 3 is 2.22 bits per heavy atom. The maximum atomic E-state index is 12.4. The lowest BCUT2D eigenvalue weighted by Crippen LogP contribution is -2.42. The predicted molar refractivity (Wildman–Crippen MR) is 94.1 cm³/mol. The third-order valence-corrected chi connectivity index (χ3v) is 4.96. The predicted octanol–water partition coefficient (Wildman–Crippen LogP) is 2.47. The normalized spacial score (nSPS) is 11.4. The van der Waals surface area contributed by atoms with Crippen molar-refractivity contribution in [2.45, 2.75) is 13.8 Å². The Labute approximate surface area is 137 Å². The molecule has 2 aromatic rings. The number of benzene rings is 2. The van der Waals surface area contributed by atoms with Gasteiger partial charge in [0, 0.05) is 18.5 Å². The van der Waals surface area contributed by atoms with Gasteiger partial charge in [0.1, 0.15) is 6.54 Å². The van der Waals surface area contributed by atoms with Gasteiger partial charge in [-0.3, -0.25) is 9.10 Å². The van der Waals surface area contributed by atoms with Gasteiger partial charge in [0.05, 0.1) is 11.9 Å². The molecular weight excluding hydrogens is 312 g/mol. The van der Waals surface area contributed by atoms with Gasteiger partial charge >= 0.3 is 0 Å². The molecule has 0 aliphatic rings. The van der Waals surface area contributed by atoms with Crippen LogP contribution in [0.1, 0.15) is 13.8 Å². The highest BCUT2D eigenvalue weighted by Gasteiger charge is 2.24. The first kappa shape index (κ1) is 17.3. The van der Waals surface area contributed by atoms with E-state index < -0.39 is 10.0 Å². The molecule has 0 bridgehead atoms. The molecule has 0 saturated carbocycles. The summed E-state index contributed by atoms with van der Waals surface area (Å²) in [7, 11) is -3.57. The molecule has 0 aromatic heterocycles. The standard InChI is InChI=1S/C17H22N2O3S/c1-4-18(5-2)17(20)13-19(23(3,21)22)16-12-8-10-14-9-6-7-11-15(14)16/h6-12H,4-5,13H2,1-3H3. The highest BCUT2D eigenvalue weighted by Crippen LogP contribution is 2.28. The Morgan fingerprint density at radius 2 is 1.61 bits per heavy atom. The van der Waals surface area contributed by atoms with Gasteiger partial charge in [-0.2, -0.15) is 0 Å². The van der Waals surface area contributed by atoms with Crippen LogP contribution in [0.4, 0.5) is 5.69 Å². The van der Waals surface area contributed by atoms with Crippen LogP contribution in [-0.2, 0) is 14.8 Å². The minimum Gasteiger partial charge on any atom is -0.342 e. The smallest absolute Gasteiger partial charge is 0.243 e. The molecule has 0 spiro atoms. The van der Waals surface area contributed by atoms with Crippen molar-refractivity contribution in [3.63, 3.8) is 0 Å². The van der Waals surface area contributed by atoms with Crippen LogP contribution in [0.25, 0.3) is 10.8 Å². The van der Waals surface area contributed by atoms with E-state index in [1.807, 2.05) is 44.2 Å². The molecule has 0 atom stereocenters. The number of anilines is 1. The molecule has 5 nitrogen and oxygen atoms in total. The number of amides is 1. The first-order chi connectivity index (χ1) is 10.9. The minimum absolute atomic E-state index is 0.186. The zero-order valence-electron chi connectivity index (χ0n) is 13.7. The van der Waals surface area contributed by atoms with Gasteiger partial charge in [0.15, 0.2) is 0 Å². The van der Waals surface area contributed by atoms with Gasteiger partial charge in [0.2, 0.25) is 15.9 Å². The van der Waals surface area contributed by atoms with E-state index >= 15 is 0 Å². The lowest BCUT2D eigenvalue weighted by Gasteiger charge is -2.27. The second-order valence-corrected chi connectivity index (χ2v) is 7.24. The van der Waals surface area contributed by atoms with Crippen LogP contribution in [0.2, 0.25) is 0 Å². The second-order valence-electron chi connectivity index (χ2n) is 5.33. The van der Waals surface area contributed by atoms with Gasteiger partial charge < -0.3 is 4.90 Å². The Kier molecular flexibility index (Phi) is 5.26. The maximum absolute atomic E-state index is 12.4. The van der Waals surface area contributed by atoms with Crippen LogP contribution in [0.3, 0.4) is 0 Å². The number of carbonyl (C=O) groups is 1. The Bertz CT molecular complexity index is 793. The first-order valence-corrected chi connectivity index (χ1v) is 9.46. The third-order valence-electron chi connectivity index (χ3n) is 3.83. The fourth-order valence-electron chi connectivity index (χ4n) is 2.61. The highest BCUT2D eigenvalue weighted by atomic mass is 32.2. The third kappa shape index (κ3) is 3.82. The van der Waals surface area contributed by atoms with Crippen molar-refractivity contribution in [3.8, 4) is 0 Å². The summed E-state index contributed by atoms with van der Waals surface area (Å²) in [6, 6.07) is 13.0. The summed E-state index contributed by atoms with van der Waals surface area (Å²) in [5.41, 5.74) is 0.533. The van der Waals surface area contributed by atoms with E-state index in [1.54, 1.807) is 17.0 Å². The summed E-state index contributed by atoms with van der Waals surface area (Å²) in [5.74, 6) is -0.201. The zero-order valence-corrected chi connectivity index (χ0v) is 14.5. The molecular formula is C17H22N2O3S. The summed E-state index contributed by atoms with van der Waals surface area (Å²) in [6.07, 6.45) is 1.13. The molecule has 1 amide bonds. The number of carbonyl (C=O) groups excluding carboxylic acids is 1. The number of hydrogen-bond acceptors (Lipinski definition) is 3. The van der Waals surface area contributed by atoms with Crippen LogP contribution in [0.5, 0.6) is 0 Å². The summed E-state index contributed by atoms with van der Waals surface area (Å²) < 4.78 is 25.7. The number of fused-ring (bicyclic) bond motifs is 1. The molecule has 0 saturated heterocycles. The van der Waals surface area contributed by atoms with Crippen molar-refractivity contribution in [1.29, 1.82) is 0 Å². The topological polar surface area (TPSA) is 57.7 Å². The van der Waals surface area contributed by atoms with E-state index in [2.05, 4.69) is 0 Å². The fourth-order valence-corrected chi connectivity index (χ4v) is 3.47. The average molecular weight is 334 g/mol. The molecule has 124 valence electrons. The van der Waals surface area contributed by atoms with Gasteiger partial charge in [-0.25, -0.2) is 8.42 Å². The summed E-state index contributed by atoms with van der Waals surface area (Å²) in [6.45, 7) is 4.69. The van der Waals surface area contributed by atoms with Gasteiger partial charge in [0.25, 0.3) is 0 Å². The first-order valence-electron chi connectivity index (χ1n) is 7.61. The molecule has 0 heterocycles. The van der Waals surface area contributed by atoms with Crippen molar-refractivity contribution < 1.29 is 13.2 Å². The van der Waals surface area contributed by atoms with Crippen LogP contribution >= 0.6 is 0 Å². The van der Waals surface area contributed by atoms with E-state index in [9.17, 15) is 13.2 Å². The molecule has 2 rings (SSSR count). The number of sulfonamides is 1. The minimum atomic E-state index is -3.57. The average Bonchev–Trinajstić information content (AvgIpc) is 2.52. The fraction of sp³-hybridized carbons (Fsp3) is 0.353. The molecule has 2 aromatic carbocycles. The number of likely N-dealkylation sites (N-methyl/N-ethyl adjacent to an activating group) is 1. The Morgan fingerprint density at radius 1 is 1.00 bits per heavy atom. The van der Waals surface area contributed by atoms with Gasteiger partial charge in [-0.1, -0.05) is 36.4 Å². The SMILES string of the molecule is CCN(CC)C(=O)CN(c1cccc2ccccc12)S(C)(=O)=O. The largest absolute Gasteiger partial charge is 0.342 e. The summed E-state index contributed by atoms with van der Waals surface area (Å²) in [4.78, 5) is 14.0. The Balaban J connectivity index is 2.49. The summed E-state index contributed by atoms with van der Waals surface area (Å²) in [5, 5.41) is 1.75. The van der Waals surface area contributed by atoms with Crippen molar-refractivity contribution in [1.82, 2.24) is 4.90 Å². The molecule has 0 radical (unpaired) electrons. The number of rotatable bonds is 6. The van der Waals surface area contributed by atoms with Crippen LogP contribution in [0, 0.1) is 0 Å². The Hall–Kier alpha value is -2.08. The quantitative estimate of drug-likeness (QED) is 0.815. The van der Waals surface area contributed by atoms with E-state index in [4.69, 9.17) is 0 Å². The number of hydrogen-bond donors (Lipinski definition) is 0. The van der Waals surface area contributed by atoms with Crippen molar-refractivity contribution in [3.05, 3.63) is 42.5 Å². The molecule has 0 N–H and O–H groups in total. The van der Waals surface area contributed by atoms with E-state index in [-0.39, 0.29) is 12.5 Å². The zero-order chi connectivity index (χ0) is 17.0. The van der Waals surface area contributed by atoms with Gasteiger partial charge in [-0.15, -0.1) is 0 Å². The highest BCUT2D eigenvalue weighted by molar-refractivity contribution is 7.92. The maximum Gasteiger partial charge on any atom is 0.243 e. The lowest BCUT2D eigenvalue weighted by atomic mass is 10.1. The monoisotopic (exact) mass is 334 g/mol.